The van der Waals surface area contributed by atoms with Gasteiger partial charge in [0.25, 0.3) is 0 Å². The first-order chi connectivity index (χ1) is 10.3. The second-order valence-corrected chi connectivity index (χ2v) is 4.67. The highest BCUT2D eigenvalue weighted by Crippen LogP contribution is 2.17. The molecule has 0 atom stereocenters. The maximum absolute atomic E-state index is 5.68. The quantitative estimate of drug-likeness (QED) is 0.764. The highest BCUT2D eigenvalue weighted by atomic mass is 16.5. The molecule has 1 heterocycles. The summed E-state index contributed by atoms with van der Waals surface area (Å²) < 4.78 is 13.0. The molecule has 1 aromatic carbocycles. The number of hydrogen-bond acceptors (Lipinski definition) is 5. The molecule has 0 aliphatic rings. The molecule has 0 spiro atoms. The Hall–Kier alpha value is -2.08. The van der Waals surface area contributed by atoms with Crippen molar-refractivity contribution in [1.82, 2.24) is 20.3 Å². The van der Waals surface area contributed by atoms with Gasteiger partial charge in [-0.2, -0.15) is 0 Å². The van der Waals surface area contributed by atoms with Gasteiger partial charge in [-0.3, -0.25) is 0 Å². The van der Waals surface area contributed by atoms with Gasteiger partial charge >= 0.3 is 0 Å². The van der Waals surface area contributed by atoms with E-state index in [-0.39, 0.29) is 0 Å². The highest BCUT2D eigenvalue weighted by Gasteiger charge is 2.00. The molecule has 114 valence electrons. The smallest absolute Gasteiger partial charge is 0.119 e. The molecular weight excluding hydrogens is 268 g/mol. The Bertz CT molecular complexity index is 525. The molecule has 0 aliphatic carbocycles. The van der Waals surface area contributed by atoms with Crippen molar-refractivity contribution in [3.05, 3.63) is 36.2 Å². The number of aromatic nitrogens is 3. The van der Waals surface area contributed by atoms with Gasteiger partial charge < -0.3 is 14.8 Å². The number of nitrogens with zero attached hydrogens (tertiary/aromatic N) is 3. The van der Waals surface area contributed by atoms with Crippen molar-refractivity contribution in [3.8, 4) is 11.5 Å². The lowest BCUT2D eigenvalue weighted by atomic mass is 10.3. The van der Waals surface area contributed by atoms with E-state index < -0.39 is 0 Å². The Labute approximate surface area is 125 Å². The van der Waals surface area contributed by atoms with E-state index in [2.05, 4.69) is 22.6 Å². The summed E-state index contributed by atoms with van der Waals surface area (Å²) in [5.41, 5.74) is 0.926. The van der Waals surface area contributed by atoms with Crippen LogP contribution in [-0.2, 0) is 13.1 Å². The minimum Gasteiger partial charge on any atom is -0.494 e. The van der Waals surface area contributed by atoms with E-state index in [1.807, 2.05) is 37.5 Å². The zero-order valence-corrected chi connectivity index (χ0v) is 12.6. The van der Waals surface area contributed by atoms with Crippen molar-refractivity contribution in [2.24, 2.45) is 0 Å². The molecule has 1 N–H and O–H groups in total. The van der Waals surface area contributed by atoms with E-state index in [9.17, 15) is 0 Å². The van der Waals surface area contributed by atoms with Gasteiger partial charge in [-0.05, 0) is 37.7 Å². The fourth-order valence-corrected chi connectivity index (χ4v) is 1.82. The van der Waals surface area contributed by atoms with Crippen LogP contribution in [0.5, 0.6) is 11.5 Å². The highest BCUT2D eigenvalue weighted by molar-refractivity contribution is 5.31. The first-order valence-corrected chi connectivity index (χ1v) is 7.21. The SMILES string of the molecule is CCCOc1ccc(OCCn2cc(CNC)nn2)cc1. The lowest BCUT2D eigenvalue weighted by Crippen LogP contribution is -2.09. The van der Waals surface area contributed by atoms with Crippen molar-refractivity contribution < 1.29 is 9.47 Å². The van der Waals surface area contributed by atoms with E-state index in [0.29, 0.717) is 13.2 Å². The van der Waals surface area contributed by atoms with E-state index in [4.69, 9.17) is 9.47 Å². The molecule has 2 aromatic rings. The van der Waals surface area contributed by atoms with Crippen LogP contribution in [0.2, 0.25) is 0 Å². The topological polar surface area (TPSA) is 61.2 Å². The predicted octanol–water partition coefficient (Wildman–Crippen LogP) is 1.87. The van der Waals surface area contributed by atoms with Gasteiger partial charge in [-0.1, -0.05) is 12.1 Å². The standard InChI is InChI=1S/C15H22N4O2/c1-3-9-20-14-4-6-15(7-5-14)21-10-8-19-12-13(11-16-2)17-18-19/h4-7,12,16H,3,8-11H2,1-2H3. The Morgan fingerprint density at radius 3 is 2.38 bits per heavy atom. The van der Waals surface area contributed by atoms with Gasteiger partial charge in [-0.25, -0.2) is 4.68 Å². The number of rotatable bonds is 9. The maximum Gasteiger partial charge on any atom is 0.119 e. The summed E-state index contributed by atoms with van der Waals surface area (Å²) in [6, 6.07) is 7.68. The van der Waals surface area contributed by atoms with Gasteiger partial charge in [0.15, 0.2) is 0 Å². The van der Waals surface area contributed by atoms with E-state index in [1.54, 1.807) is 4.68 Å². The second kappa shape index (κ2) is 8.26. The van der Waals surface area contributed by atoms with E-state index in [0.717, 1.165) is 36.8 Å². The normalized spacial score (nSPS) is 10.6. The van der Waals surface area contributed by atoms with Crippen molar-refractivity contribution in [3.63, 3.8) is 0 Å². The molecular formula is C15H22N4O2. The summed E-state index contributed by atoms with van der Waals surface area (Å²) in [6.07, 6.45) is 2.92. The first kappa shape index (κ1) is 15.3. The molecule has 6 heteroatoms. The van der Waals surface area contributed by atoms with E-state index >= 15 is 0 Å². The maximum atomic E-state index is 5.68. The number of hydrogen-bond donors (Lipinski definition) is 1. The molecule has 2 rings (SSSR count). The van der Waals surface area contributed by atoms with Crippen LogP contribution in [0, 0.1) is 0 Å². The molecule has 0 saturated carbocycles. The predicted molar refractivity (Wildman–Crippen MR) is 80.5 cm³/mol. The van der Waals surface area contributed by atoms with Crippen LogP contribution in [-0.4, -0.2) is 35.3 Å². The van der Waals surface area contributed by atoms with Crippen molar-refractivity contribution in [2.45, 2.75) is 26.4 Å². The van der Waals surface area contributed by atoms with Gasteiger partial charge in [0.2, 0.25) is 0 Å². The lowest BCUT2D eigenvalue weighted by molar-refractivity contribution is 0.287. The molecule has 0 bridgehead atoms. The van der Waals surface area contributed by atoms with Gasteiger partial charge in [-0.15, -0.1) is 5.10 Å². The van der Waals surface area contributed by atoms with Crippen LogP contribution in [0.4, 0.5) is 0 Å². The van der Waals surface area contributed by atoms with Gasteiger partial charge in [0.1, 0.15) is 18.1 Å². The number of nitrogens with one attached hydrogen (secondary N) is 1. The van der Waals surface area contributed by atoms with Crippen LogP contribution >= 0.6 is 0 Å². The third-order valence-corrected chi connectivity index (χ3v) is 2.83. The van der Waals surface area contributed by atoms with Crippen LogP contribution in [0.15, 0.2) is 30.5 Å². The lowest BCUT2D eigenvalue weighted by Gasteiger charge is -2.08. The minimum absolute atomic E-state index is 0.553. The van der Waals surface area contributed by atoms with Crippen molar-refractivity contribution in [2.75, 3.05) is 20.3 Å². The Morgan fingerprint density at radius 2 is 1.76 bits per heavy atom. The average Bonchev–Trinajstić information content (AvgIpc) is 2.94. The number of benzene rings is 1. The summed E-state index contributed by atoms with van der Waals surface area (Å²) >= 11 is 0. The van der Waals surface area contributed by atoms with Gasteiger partial charge in [0, 0.05) is 12.7 Å². The summed E-state index contributed by atoms with van der Waals surface area (Å²) in [5, 5.41) is 11.1. The Kier molecular flexibility index (Phi) is 6.02. The molecule has 0 saturated heterocycles. The van der Waals surface area contributed by atoms with Crippen molar-refractivity contribution >= 4 is 0 Å². The first-order valence-electron chi connectivity index (χ1n) is 7.21. The summed E-state index contributed by atoms with van der Waals surface area (Å²) in [4.78, 5) is 0. The van der Waals surface area contributed by atoms with E-state index in [1.165, 1.54) is 0 Å². The summed E-state index contributed by atoms with van der Waals surface area (Å²) in [5.74, 6) is 1.70. The number of ether oxygens (including phenoxy) is 2. The van der Waals surface area contributed by atoms with Crippen molar-refractivity contribution in [1.29, 1.82) is 0 Å². The molecule has 0 fully saturated rings. The van der Waals surface area contributed by atoms with Crippen LogP contribution in [0.25, 0.3) is 0 Å². The fraction of sp³-hybridized carbons (Fsp3) is 0.467. The second-order valence-electron chi connectivity index (χ2n) is 4.67. The molecule has 1 aromatic heterocycles. The third kappa shape index (κ3) is 5.07. The average molecular weight is 290 g/mol. The zero-order chi connectivity index (χ0) is 14.9. The molecule has 21 heavy (non-hydrogen) atoms. The molecule has 0 unspecified atom stereocenters. The molecule has 0 radical (unpaired) electrons. The molecule has 0 amide bonds. The molecule has 0 aliphatic heterocycles. The monoisotopic (exact) mass is 290 g/mol. The zero-order valence-electron chi connectivity index (χ0n) is 12.6. The van der Waals surface area contributed by atoms with Crippen LogP contribution in [0.1, 0.15) is 19.0 Å². The third-order valence-electron chi connectivity index (χ3n) is 2.83. The Balaban J connectivity index is 1.74. The minimum atomic E-state index is 0.553. The van der Waals surface area contributed by atoms with Crippen LogP contribution in [0.3, 0.4) is 0 Å². The largest absolute Gasteiger partial charge is 0.494 e. The Morgan fingerprint density at radius 1 is 1.10 bits per heavy atom. The van der Waals surface area contributed by atoms with Gasteiger partial charge in [0.05, 0.1) is 18.8 Å². The molecule has 6 nitrogen and oxygen atoms in total. The fourth-order valence-electron chi connectivity index (χ4n) is 1.82. The van der Waals surface area contributed by atoms with Crippen LogP contribution < -0.4 is 14.8 Å². The summed E-state index contributed by atoms with van der Waals surface area (Å²) in [7, 11) is 1.88. The summed E-state index contributed by atoms with van der Waals surface area (Å²) in [6.45, 7) is 4.77.